The number of rotatable bonds is 1. The Morgan fingerprint density at radius 3 is 3.15 bits per heavy atom. The van der Waals surface area contributed by atoms with Gasteiger partial charge in [0.15, 0.2) is 0 Å². The fourth-order valence-corrected chi connectivity index (χ4v) is 2.07. The number of fused-ring (bicyclic) bond motifs is 1. The minimum absolute atomic E-state index is 0.0636. The predicted molar refractivity (Wildman–Crippen MR) is 50.4 cm³/mol. The Hall–Kier alpha value is -1.40. The Morgan fingerprint density at radius 2 is 2.38 bits per heavy atom. The number of aryl methyl sites for hydroxylation is 2. The Balaban J connectivity index is 2.51. The van der Waals surface area contributed by atoms with E-state index in [1.165, 1.54) is 16.7 Å². The van der Waals surface area contributed by atoms with Crippen molar-refractivity contribution >= 4 is 6.08 Å². The van der Waals surface area contributed by atoms with Gasteiger partial charge in [0.1, 0.15) is 0 Å². The first-order chi connectivity index (χ1) is 6.33. The number of nitrogens with zero attached hydrogens (tertiary/aromatic N) is 1. The third-order valence-corrected chi connectivity index (χ3v) is 2.64. The molecule has 1 aromatic rings. The zero-order chi connectivity index (χ0) is 9.26. The predicted octanol–water partition coefficient (Wildman–Crippen LogP) is 2.32. The molecule has 0 aliphatic heterocycles. The molecule has 1 aliphatic carbocycles. The second-order valence-corrected chi connectivity index (χ2v) is 3.42. The second kappa shape index (κ2) is 3.15. The maximum Gasteiger partial charge on any atom is 0.235 e. The summed E-state index contributed by atoms with van der Waals surface area (Å²) in [6.45, 7) is 2.07. The molecule has 66 valence electrons. The first-order valence-electron chi connectivity index (χ1n) is 4.48. The fraction of sp³-hybridized carbons (Fsp3) is 0.364. The molecule has 0 saturated carbocycles. The van der Waals surface area contributed by atoms with Gasteiger partial charge in [-0.05, 0) is 36.5 Å². The van der Waals surface area contributed by atoms with Gasteiger partial charge in [0.05, 0.1) is 6.04 Å². The SMILES string of the molecule is Cc1cccc2c1C(N=C=O)CC2. The van der Waals surface area contributed by atoms with Crippen LogP contribution in [-0.2, 0) is 11.2 Å². The molecule has 0 bridgehead atoms. The summed E-state index contributed by atoms with van der Waals surface area (Å²) in [6.07, 6.45) is 3.64. The third kappa shape index (κ3) is 1.30. The number of hydrogen-bond donors (Lipinski definition) is 0. The molecule has 1 atom stereocenters. The molecule has 0 aromatic heterocycles. The van der Waals surface area contributed by atoms with Crippen molar-refractivity contribution in [1.82, 2.24) is 0 Å². The number of benzene rings is 1. The molecular weight excluding hydrogens is 162 g/mol. The highest BCUT2D eigenvalue weighted by Gasteiger charge is 2.22. The van der Waals surface area contributed by atoms with Crippen LogP contribution in [0.25, 0.3) is 0 Å². The van der Waals surface area contributed by atoms with Crippen molar-refractivity contribution in [2.75, 3.05) is 0 Å². The number of aliphatic imine (C=N–C) groups is 1. The number of carbonyl (C=O) groups excluding carboxylic acids is 1. The monoisotopic (exact) mass is 173 g/mol. The number of isocyanates is 1. The molecule has 2 rings (SSSR count). The first-order valence-corrected chi connectivity index (χ1v) is 4.48. The largest absolute Gasteiger partial charge is 0.235 e. The fourth-order valence-electron chi connectivity index (χ4n) is 2.07. The molecule has 1 unspecified atom stereocenters. The summed E-state index contributed by atoms with van der Waals surface area (Å²) < 4.78 is 0. The lowest BCUT2D eigenvalue weighted by Gasteiger charge is -2.06. The normalized spacial score (nSPS) is 19.3. The van der Waals surface area contributed by atoms with E-state index in [0.717, 1.165) is 12.8 Å². The van der Waals surface area contributed by atoms with Gasteiger partial charge in [-0.15, -0.1) is 0 Å². The molecule has 1 aromatic carbocycles. The van der Waals surface area contributed by atoms with E-state index < -0.39 is 0 Å². The summed E-state index contributed by atoms with van der Waals surface area (Å²) in [6, 6.07) is 6.30. The van der Waals surface area contributed by atoms with Gasteiger partial charge in [-0.1, -0.05) is 18.2 Å². The summed E-state index contributed by atoms with van der Waals surface area (Å²) >= 11 is 0. The molecule has 2 nitrogen and oxygen atoms in total. The van der Waals surface area contributed by atoms with Crippen molar-refractivity contribution < 1.29 is 4.79 Å². The molecule has 0 spiro atoms. The molecule has 13 heavy (non-hydrogen) atoms. The van der Waals surface area contributed by atoms with Crippen LogP contribution in [0.2, 0.25) is 0 Å². The molecule has 2 heteroatoms. The maximum absolute atomic E-state index is 10.2. The van der Waals surface area contributed by atoms with Crippen LogP contribution in [0.15, 0.2) is 23.2 Å². The Labute approximate surface area is 77.3 Å². The van der Waals surface area contributed by atoms with Crippen LogP contribution in [0.1, 0.15) is 29.2 Å². The topological polar surface area (TPSA) is 29.4 Å². The van der Waals surface area contributed by atoms with Gasteiger partial charge >= 0.3 is 0 Å². The molecule has 0 fully saturated rings. The second-order valence-electron chi connectivity index (χ2n) is 3.42. The van der Waals surface area contributed by atoms with Crippen LogP contribution in [0, 0.1) is 6.92 Å². The zero-order valence-electron chi connectivity index (χ0n) is 7.58. The molecule has 0 amide bonds. The summed E-state index contributed by atoms with van der Waals surface area (Å²) in [5.74, 6) is 0. The molecule has 0 N–H and O–H groups in total. The quantitative estimate of drug-likeness (QED) is 0.473. The maximum atomic E-state index is 10.2. The van der Waals surface area contributed by atoms with E-state index in [1.54, 1.807) is 6.08 Å². The molecule has 0 heterocycles. The molecule has 1 aliphatic rings. The van der Waals surface area contributed by atoms with E-state index in [4.69, 9.17) is 0 Å². The Kier molecular flexibility index (Phi) is 1.99. The van der Waals surface area contributed by atoms with Crippen LogP contribution in [-0.4, -0.2) is 6.08 Å². The van der Waals surface area contributed by atoms with Gasteiger partial charge in [0.25, 0.3) is 0 Å². The van der Waals surface area contributed by atoms with Crippen LogP contribution < -0.4 is 0 Å². The highest BCUT2D eigenvalue weighted by atomic mass is 16.1. The van der Waals surface area contributed by atoms with Crippen molar-refractivity contribution in [3.8, 4) is 0 Å². The lowest BCUT2D eigenvalue weighted by molar-refractivity contribution is 0.556. The molecule has 0 radical (unpaired) electrons. The van der Waals surface area contributed by atoms with Gasteiger partial charge in [0, 0.05) is 0 Å². The third-order valence-electron chi connectivity index (χ3n) is 2.64. The van der Waals surface area contributed by atoms with E-state index in [-0.39, 0.29) is 6.04 Å². The first kappa shape index (κ1) is 8.21. The van der Waals surface area contributed by atoms with E-state index in [0.29, 0.717) is 0 Å². The van der Waals surface area contributed by atoms with Crippen molar-refractivity contribution in [2.24, 2.45) is 4.99 Å². The minimum atomic E-state index is 0.0636. The highest BCUT2D eigenvalue weighted by molar-refractivity contribution is 5.43. The summed E-state index contributed by atoms with van der Waals surface area (Å²) in [5, 5.41) is 0. The average Bonchev–Trinajstić information content (AvgIpc) is 2.51. The van der Waals surface area contributed by atoms with Crippen molar-refractivity contribution in [3.63, 3.8) is 0 Å². The van der Waals surface area contributed by atoms with Crippen LogP contribution in [0.3, 0.4) is 0 Å². The standard InChI is InChI=1S/C11H11NO/c1-8-3-2-4-9-5-6-10(11(8)9)12-7-13/h2-4,10H,5-6H2,1H3. The lowest BCUT2D eigenvalue weighted by atomic mass is 10.0. The van der Waals surface area contributed by atoms with Crippen LogP contribution >= 0.6 is 0 Å². The summed E-state index contributed by atoms with van der Waals surface area (Å²) in [4.78, 5) is 14.0. The van der Waals surface area contributed by atoms with E-state index in [9.17, 15) is 4.79 Å². The summed E-state index contributed by atoms with van der Waals surface area (Å²) in [7, 11) is 0. The molecular formula is C11H11NO. The van der Waals surface area contributed by atoms with Gasteiger partial charge in [-0.25, -0.2) is 4.79 Å². The van der Waals surface area contributed by atoms with Crippen molar-refractivity contribution in [3.05, 3.63) is 34.9 Å². The zero-order valence-corrected chi connectivity index (χ0v) is 7.58. The van der Waals surface area contributed by atoms with Gasteiger partial charge in [0.2, 0.25) is 6.08 Å². The van der Waals surface area contributed by atoms with Crippen molar-refractivity contribution in [2.45, 2.75) is 25.8 Å². The van der Waals surface area contributed by atoms with E-state index >= 15 is 0 Å². The molecule has 0 saturated heterocycles. The van der Waals surface area contributed by atoms with Gasteiger partial charge in [-0.3, -0.25) is 0 Å². The van der Waals surface area contributed by atoms with Gasteiger partial charge < -0.3 is 0 Å². The van der Waals surface area contributed by atoms with Crippen LogP contribution in [0.5, 0.6) is 0 Å². The Morgan fingerprint density at radius 1 is 1.54 bits per heavy atom. The smallest absolute Gasteiger partial charge is 0.211 e. The summed E-state index contributed by atoms with van der Waals surface area (Å²) in [5.41, 5.74) is 3.81. The van der Waals surface area contributed by atoms with E-state index in [2.05, 4.69) is 30.1 Å². The Bertz CT molecular complexity index is 378. The average molecular weight is 173 g/mol. The highest BCUT2D eigenvalue weighted by Crippen LogP contribution is 2.35. The number of hydrogen-bond acceptors (Lipinski definition) is 2. The minimum Gasteiger partial charge on any atom is -0.211 e. The van der Waals surface area contributed by atoms with Crippen molar-refractivity contribution in [1.29, 1.82) is 0 Å². The lowest BCUT2D eigenvalue weighted by Crippen LogP contribution is -1.92. The van der Waals surface area contributed by atoms with Gasteiger partial charge in [-0.2, -0.15) is 4.99 Å². The van der Waals surface area contributed by atoms with E-state index in [1.807, 2.05) is 0 Å². The van der Waals surface area contributed by atoms with Crippen LogP contribution in [0.4, 0.5) is 0 Å².